The molecule has 2 amide bonds. The van der Waals surface area contributed by atoms with Gasteiger partial charge in [0.1, 0.15) is 11.6 Å². The predicted octanol–water partition coefficient (Wildman–Crippen LogP) is 2.99. The van der Waals surface area contributed by atoms with Gasteiger partial charge in [0.25, 0.3) is 0 Å². The molecule has 0 fully saturated rings. The van der Waals surface area contributed by atoms with Gasteiger partial charge in [-0.25, -0.2) is 9.97 Å². The molecular weight excluding hydrogens is 436 g/mol. The van der Waals surface area contributed by atoms with Crippen LogP contribution in [0.25, 0.3) is 0 Å². The van der Waals surface area contributed by atoms with Crippen molar-refractivity contribution < 1.29 is 19.1 Å². The number of ether oxygens (including phenoxy) is 2. The molecule has 2 heterocycles. The summed E-state index contributed by atoms with van der Waals surface area (Å²) in [6, 6.07) is 3.67. The molecule has 0 aliphatic rings. The van der Waals surface area contributed by atoms with E-state index in [1.165, 1.54) is 26.2 Å². The zero-order valence-corrected chi connectivity index (χ0v) is 19.4. The molecule has 178 valence electrons. The fourth-order valence-corrected chi connectivity index (χ4v) is 2.49. The molecule has 2 rings (SSSR count). The maximum atomic E-state index is 11.0. The van der Waals surface area contributed by atoms with Gasteiger partial charge in [-0.15, -0.1) is 0 Å². The van der Waals surface area contributed by atoms with E-state index in [1.54, 1.807) is 12.1 Å². The van der Waals surface area contributed by atoms with Crippen LogP contribution in [0.3, 0.4) is 0 Å². The maximum absolute atomic E-state index is 11.0. The van der Waals surface area contributed by atoms with E-state index in [4.69, 9.17) is 9.47 Å². The van der Waals surface area contributed by atoms with Crippen LogP contribution in [0.2, 0.25) is 0 Å². The summed E-state index contributed by atoms with van der Waals surface area (Å²) in [4.78, 5) is 38.3. The van der Waals surface area contributed by atoms with Crippen LogP contribution in [0.15, 0.2) is 24.5 Å². The van der Waals surface area contributed by atoms with Crippen molar-refractivity contribution in [3.63, 3.8) is 0 Å². The van der Waals surface area contributed by atoms with E-state index >= 15 is 0 Å². The number of carbonyl (C=O) groups is 2. The highest BCUT2D eigenvalue weighted by Gasteiger charge is 2.02. The van der Waals surface area contributed by atoms with E-state index in [1.807, 2.05) is 0 Å². The Balaban J connectivity index is 1.50. The molecule has 0 radical (unpaired) electrons. The molecule has 0 aromatic carbocycles. The van der Waals surface area contributed by atoms with Crippen molar-refractivity contribution in [2.45, 2.75) is 52.4 Å². The van der Waals surface area contributed by atoms with E-state index in [0.717, 1.165) is 38.5 Å². The fraction of sp³-hybridized carbons (Fsp3) is 0.417. The molecule has 10 heteroatoms. The van der Waals surface area contributed by atoms with Crippen LogP contribution < -0.4 is 20.1 Å². The Bertz CT molecular complexity index is 983. The SMILES string of the molecule is CC(=O)Nc1ccnc(OCCCCC#CC#CCCCCOc2nccc(NC(C)=O)n2)n1. The Morgan fingerprint density at radius 1 is 0.765 bits per heavy atom. The Kier molecular flexibility index (Phi) is 12.0. The first-order valence-corrected chi connectivity index (χ1v) is 11.0. The first-order valence-electron chi connectivity index (χ1n) is 11.0. The van der Waals surface area contributed by atoms with Gasteiger partial charge in [0.2, 0.25) is 11.8 Å². The van der Waals surface area contributed by atoms with Crippen LogP contribution in [-0.4, -0.2) is 45.0 Å². The summed E-state index contributed by atoms with van der Waals surface area (Å²) in [5.74, 6) is 12.2. The molecule has 10 nitrogen and oxygen atoms in total. The van der Waals surface area contributed by atoms with Crippen LogP contribution in [0.5, 0.6) is 12.0 Å². The lowest BCUT2D eigenvalue weighted by atomic mass is 10.2. The minimum Gasteiger partial charge on any atom is -0.463 e. The van der Waals surface area contributed by atoms with Crippen LogP contribution in [0, 0.1) is 23.7 Å². The minimum atomic E-state index is -0.197. The molecule has 0 atom stereocenters. The van der Waals surface area contributed by atoms with E-state index in [-0.39, 0.29) is 23.8 Å². The first kappa shape index (κ1) is 26.1. The van der Waals surface area contributed by atoms with Crippen LogP contribution >= 0.6 is 0 Å². The number of rotatable bonds is 12. The van der Waals surface area contributed by atoms with Crippen LogP contribution in [0.1, 0.15) is 52.4 Å². The number of anilines is 2. The lowest BCUT2D eigenvalue weighted by molar-refractivity contribution is -0.115. The van der Waals surface area contributed by atoms with Gasteiger partial charge in [-0.2, -0.15) is 9.97 Å². The highest BCUT2D eigenvalue weighted by Crippen LogP contribution is 2.09. The molecular formula is C24H28N6O4. The molecule has 2 N–H and O–H groups in total. The fourth-order valence-electron chi connectivity index (χ4n) is 2.49. The number of hydrogen-bond acceptors (Lipinski definition) is 8. The number of amides is 2. The van der Waals surface area contributed by atoms with Gasteiger partial charge < -0.3 is 20.1 Å². The van der Waals surface area contributed by atoms with Crippen LogP contribution in [-0.2, 0) is 9.59 Å². The number of aromatic nitrogens is 4. The summed E-state index contributed by atoms with van der Waals surface area (Å²) in [6.45, 7) is 3.78. The van der Waals surface area contributed by atoms with Crippen molar-refractivity contribution in [3.05, 3.63) is 24.5 Å². The van der Waals surface area contributed by atoms with Crippen molar-refractivity contribution in [2.24, 2.45) is 0 Å². The number of carbonyl (C=O) groups excluding carboxylic acids is 2. The Labute approximate surface area is 199 Å². The number of unbranched alkanes of at least 4 members (excludes halogenated alkanes) is 4. The maximum Gasteiger partial charge on any atom is 0.318 e. The van der Waals surface area contributed by atoms with E-state index < -0.39 is 0 Å². The average Bonchev–Trinajstić information content (AvgIpc) is 2.79. The molecule has 2 aromatic rings. The summed E-state index contributed by atoms with van der Waals surface area (Å²) in [5, 5.41) is 5.17. The van der Waals surface area contributed by atoms with E-state index in [9.17, 15) is 9.59 Å². The number of nitrogens with one attached hydrogen (secondary N) is 2. The molecule has 0 saturated carbocycles. The van der Waals surface area contributed by atoms with Gasteiger partial charge in [-0.05, 0) is 49.7 Å². The zero-order chi connectivity index (χ0) is 24.4. The predicted molar refractivity (Wildman–Crippen MR) is 127 cm³/mol. The topological polar surface area (TPSA) is 128 Å². The van der Waals surface area contributed by atoms with Crippen molar-refractivity contribution in [1.82, 2.24) is 19.9 Å². The molecule has 0 bridgehead atoms. The lowest BCUT2D eigenvalue weighted by Gasteiger charge is -2.05. The number of nitrogens with zero attached hydrogens (tertiary/aromatic N) is 4. The smallest absolute Gasteiger partial charge is 0.318 e. The monoisotopic (exact) mass is 464 g/mol. The molecule has 2 aromatic heterocycles. The summed E-state index contributed by atoms with van der Waals surface area (Å²) >= 11 is 0. The minimum absolute atomic E-state index is 0.197. The third-order valence-corrected chi connectivity index (χ3v) is 3.97. The highest BCUT2D eigenvalue weighted by molar-refractivity contribution is 5.87. The second-order valence-corrected chi connectivity index (χ2v) is 7.03. The summed E-state index contributed by atoms with van der Waals surface area (Å²) in [6.07, 6.45) is 7.92. The summed E-state index contributed by atoms with van der Waals surface area (Å²) in [5.41, 5.74) is 0. The molecule has 0 aliphatic carbocycles. The van der Waals surface area contributed by atoms with E-state index in [0.29, 0.717) is 24.8 Å². The number of hydrogen-bond donors (Lipinski definition) is 2. The van der Waals surface area contributed by atoms with Gasteiger partial charge in [0.05, 0.1) is 13.2 Å². The van der Waals surface area contributed by atoms with Crippen molar-refractivity contribution in [3.8, 4) is 35.7 Å². The Morgan fingerprint density at radius 2 is 1.21 bits per heavy atom. The van der Waals surface area contributed by atoms with Gasteiger partial charge in [-0.3, -0.25) is 9.59 Å². The van der Waals surface area contributed by atoms with Crippen molar-refractivity contribution in [2.75, 3.05) is 23.8 Å². The lowest BCUT2D eigenvalue weighted by Crippen LogP contribution is -2.09. The second-order valence-electron chi connectivity index (χ2n) is 7.03. The Hall–Kier alpha value is -4.18. The van der Waals surface area contributed by atoms with E-state index in [2.05, 4.69) is 54.3 Å². The van der Waals surface area contributed by atoms with Gasteiger partial charge in [0.15, 0.2) is 0 Å². The normalized spacial score (nSPS) is 9.59. The van der Waals surface area contributed by atoms with Crippen LogP contribution in [0.4, 0.5) is 11.6 Å². The standard InChI is InChI=1S/C24H28N6O4/c1-19(31)27-21-13-15-25-23(29-21)33-17-11-9-7-5-3-4-6-8-10-12-18-34-24-26-16-14-22(30-24)28-20(2)32/h13-16H,7-12,17-18H2,1-2H3,(H,25,27,29,31)(H,26,28,30,32). The molecule has 34 heavy (non-hydrogen) atoms. The van der Waals surface area contributed by atoms with Crippen molar-refractivity contribution in [1.29, 1.82) is 0 Å². The quantitative estimate of drug-likeness (QED) is 0.362. The average molecular weight is 465 g/mol. The third-order valence-electron chi connectivity index (χ3n) is 3.97. The molecule has 0 saturated heterocycles. The first-order chi connectivity index (χ1) is 16.5. The van der Waals surface area contributed by atoms with Gasteiger partial charge in [-0.1, -0.05) is 11.8 Å². The van der Waals surface area contributed by atoms with Crippen molar-refractivity contribution >= 4 is 23.5 Å². The largest absolute Gasteiger partial charge is 0.463 e. The molecule has 0 unspecified atom stereocenters. The highest BCUT2D eigenvalue weighted by atomic mass is 16.5. The van der Waals surface area contributed by atoms with Gasteiger partial charge in [0, 0.05) is 39.1 Å². The Morgan fingerprint density at radius 3 is 1.62 bits per heavy atom. The zero-order valence-electron chi connectivity index (χ0n) is 19.4. The molecule has 0 spiro atoms. The third kappa shape index (κ3) is 12.0. The molecule has 0 aliphatic heterocycles. The second kappa shape index (κ2) is 15.6. The summed E-state index contributed by atoms with van der Waals surface area (Å²) in [7, 11) is 0. The summed E-state index contributed by atoms with van der Waals surface area (Å²) < 4.78 is 11.0. The van der Waals surface area contributed by atoms with Gasteiger partial charge >= 0.3 is 12.0 Å².